The molecule has 3 heterocycles. The van der Waals surface area contributed by atoms with Gasteiger partial charge in [0.15, 0.2) is 0 Å². The molecule has 2 aromatic carbocycles. The summed E-state index contributed by atoms with van der Waals surface area (Å²) >= 11 is 0. The third-order valence-electron chi connectivity index (χ3n) is 6.04. The largest absolute Gasteiger partial charge is 0.497 e. The summed E-state index contributed by atoms with van der Waals surface area (Å²) in [7, 11) is 1.64. The minimum absolute atomic E-state index is 0.109. The van der Waals surface area contributed by atoms with Gasteiger partial charge in [0, 0.05) is 17.3 Å². The molecule has 2 saturated heterocycles. The Morgan fingerprint density at radius 1 is 0.970 bits per heavy atom. The molecule has 170 valence electrons. The van der Waals surface area contributed by atoms with Gasteiger partial charge in [-0.05, 0) is 49.4 Å². The molecule has 2 aliphatic rings. The molecule has 0 radical (unpaired) electrons. The van der Waals surface area contributed by atoms with E-state index in [1.807, 2.05) is 61.5 Å². The number of rotatable bonds is 6. The fourth-order valence-electron chi connectivity index (χ4n) is 4.22. The molecular formula is C25H26N4O4. The molecule has 33 heavy (non-hydrogen) atoms. The van der Waals surface area contributed by atoms with Gasteiger partial charge in [0.1, 0.15) is 18.0 Å². The zero-order valence-corrected chi connectivity index (χ0v) is 18.5. The Labute approximate surface area is 192 Å². The van der Waals surface area contributed by atoms with Gasteiger partial charge in [0.05, 0.1) is 38.1 Å². The topological polar surface area (TPSA) is 94.6 Å². The van der Waals surface area contributed by atoms with Crippen LogP contribution >= 0.6 is 0 Å². The SMILES string of the molecule is COc1ccc(-c2ccnc(N[C@H]3CO[C@H]4[C@H]3OC[C@H]4NC(=O)c3ccc(C)cc3)n2)cc1. The number of anilines is 1. The van der Waals surface area contributed by atoms with Gasteiger partial charge < -0.3 is 24.8 Å². The van der Waals surface area contributed by atoms with Crippen molar-refractivity contribution in [2.45, 2.75) is 31.2 Å². The number of fused-ring (bicyclic) bond motifs is 1. The summed E-state index contributed by atoms with van der Waals surface area (Å²) in [5.74, 6) is 1.18. The molecule has 0 unspecified atom stereocenters. The number of benzene rings is 2. The normalized spacial score (nSPS) is 23.7. The van der Waals surface area contributed by atoms with Gasteiger partial charge in [0.25, 0.3) is 5.91 Å². The molecule has 0 bridgehead atoms. The van der Waals surface area contributed by atoms with E-state index in [9.17, 15) is 4.79 Å². The van der Waals surface area contributed by atoms with Crippen molar-refractivity contribution in [1.29, 1.82) is 0 Å². The van der Waals surface area contributed by atoms with Crippen LogP contribution in [0.15, 0.2) is 60.8 Å². The highest BCUT2D eigenvalue weighted by Gasteiger charge is 2.48. The van der Waals surface area contributed by atoms with Gasteiger partial charge in [-0.2, -0.15) is 0 Å². The van der Waals surface area contributed by atoms with Crippen molar-refractivity contribution >= 4 is 11.9 Å². The monoisotopic (exact) mass is 446 g/mol. The van der Waals surface area contributed by atoms with Crippen molar-refractivity contribution in [3.63, 3.8) is 0 Å². The fraction of sp³-hybridized carbons (Fsp3) is 0.320. The molecule has 8 heteroatoms. The predicted molar refractivity (Wildman–Crippen MR) is 123 cm³/mol. The van der Waals surface area contributed by atoms with E-state index >= 15 is 0 Å². The third-order valence-corrected chi connectivity index (χ3v) is 6.04. The van der Waals surface area contributed by atoms with Crippen LogP contribution in [0.1, 0.15) is 15.9 Å². The van der Waals surface area contributed by atoms with Crippen LogP contribution in [0.5, 0.6) is 5.75 Å². The average Bonchev–Trinajstić information content (AvgIpc) is 3.43. The van der Waals surface area contributed by atoms with Crippen molar-refractivity contribution < 1.29 is 19.0 Å². The van der Waals surface area contributed by atoms with Crippen LogP contribution in [0.2, 0.25) is 0 Å². The summed E-state index contributed by atoms with van der Waals surface area (Å²) in [4.78, 5) is 21.6. The van der Waals surface area contributed by atoms with E-state index in [0.29, 0.717) is 24.7 Å². The predicted octanol–water partition coefficient (Wildman–Crippen LogP) is 2.84. The Hall–Kier alpha value is -3.49. The molecule has 1 amide bonds. The van der Waals surface area contributed by atoms with Gasteiger partial charge in [-0.25, -0.2) is 9.97 Å². The maximum atomic E-state index is 12.6. The lowest BCUT2D eigenvalue weighted by Gasteiger charge is -2.18. The quantitative estimate of drug-likeness (QED) is 0.601. The third kappa shape index (κ3) is 4.53. The average molecular weight is 447 g/mol. The van der Waals surface area contributed by atoms with E-state index in [2.05, 4.69) is 20.6 Å². The number of carbonyl (C=O) groups is 1. The standard InChI is InChI=1S/C25H26N4O4/c1-15-3-5-17(6-4-15)24(30)27-20-13-32-23-21(14-33-22(20)23)29-25-26-12-11-19(28-25)16-7-9-18(31-2)10-8-16/h3-12,20-23H,13-14H2,1-2H3,(H,27,30)(H,26,28,29)/t20-,21+,22-,23+/m1/s1. The van der Waals surface area contributed by atoms with Gasteiger partial charge >= 0.3 is 0 Å². The maximum absolute atomic E-state index is 12.6. The van der Waals surface area contributed by atoms with E-state index < -0.39 is 0 Å². The van der Waals surface area contributed by atoms with Gasteiger partial charge in [-0.1, -0.05) is 17.7 Å². The van der Waals surface area contributed by atoms with E-state index in [-0.39, 0.29) is 30.2 Å². The van der Waals surface area contributed by atoms with Gasteiger partial charge in [-0.15, -0.1) is 0 Å². The van der Waals surface area contributed by atoms with Crippen molar-refractivity contribution in [2.75, 3.05) is 25.6 Å². The van der Waals surface area contributed by atoms with E-state index in [1.54, 1.807) is 13.3 Å². The van der Waals surface area contributed by atoms with E-state index in [0.717, 1.165) is 22.6 Å². The van der Waals surface area contributed by atoms with Crippen molar-refractivity contribution in [3.8, 4) is 17.0 Å². The lowest BCUT2D eigenvalue weighted by Crippen LogP contribution is -2.44. The van der Waals surface area contributed by atoms with E-state index in [4.69, 9.17) is 14.2 Å². The highest BCUT2D eigenvalue weighted by atomic mass is 16.6. The molecule has 2 fully saturated rings. The second-order valence-corrected chi connectivity index (χ2v) is 8.29. The van der Waals surface area contributed by atoms with Crippen LogP contribution in [0, 0.1) is 6.92 Å². The van der Waals surface area contributed by atoms with Crippen LogP contribution in [0.3, 0.4) is 0 Å². The number of carbonyl (C=O) groups excluding carboxylic acids is 1. The molecule has 0 aliphatic carbocycles. The number of aryl methyl sites for hydroxylation is 1. The lowest BCUT2D eigenvalue weighted by molar-refractivity contribution is 0.0652. The van der Waals surface area contributed by atoms with Crippen molar-refractivity contribution in [3.05, 3.63) is 71.9 Å². The Morgan fingerprint density at radius 3 is 2.39 bits per heavy atom. The minimum atomic E-state index is -0.221. The Balaban J connectivity index is 1.23. The summed E-state index contributed by atoms with van der Waals surface area (Å²) in [6.45, 7) is 2.84. The number of ether oxygens (including phenoxy) is 3. The van der Waals surface area contributed by atoms with Gasteiger partial charge in [0.2, 0.25) is 5.95 Å². The minimum Gasteiger partial charge on any atom is -0.497 e. The first-order chi connectivity index (χ1) is 16.1. The number of methoxy groups -OCH3 is 1. The number of hydrogen-bond acceptors (Lipinski definition) is 7. The lowest BCUT2D eigenvalue weighted by atomic mass is 10.1. The smallest absolute Gasteiger partial charge is 0.251 e. The fourth-order valence-corrected chi connectivity index (χ4v) is 4.22. The molecule has 1 aromatic heterocycles. The molecule has 4 atom stereocenters. The number of aromatic nitrogens is 2. The van der Waals surface area contributed by atoms with Crippen molar-refractivity contribution in [2.24, 2.45) is 0 Å². The highest BCUT2D eigenvalue weighted by molar-refractivity contribution is 5.94. The molecule has 3 aromatic rings. The summed E-state index contributed by atoms with van der Waals surface area (Å²) < 4.78 is 17.2. The van der Waals surface area contributed by atoms with Crippen LogP contribution < -0.4 is 15.4 Å². The number of amides is 1. The summed E-state index contributed by atoms with van der Waals surface area (Å²) in [5.41, 5.74) is 3.52. The summed E-state index contributed by atoms with van der Waals surface area (Å²) in [6.07, 6.45) is 1.31. The molecule has 5 rings (SSSR count). The molecular weight excluding hydrogens is 420 g/mol. The second-order valence-electron chi connectivity index (χ2n) is 8.29. The van der Waals surface area contributed by atoms with Crippen LogP contribution in [0.25, 0.3) is 11.3 Å². The van der Waals surface area contributed by atoms with Crippen LogP contribution in [-0.2, 0) is 9.47 Å². The zero-order valence-electron chi connectivity index (χ0n) is 18.5. The molecule has 0 saturated carbocycles. The summed E-state index contributed by atoms with van der Waals surface area (Å²) in [5, 5.41) is 6.40. The van der Waals surface area contributed by atoms with Crippen molar-refractivity contribution in [1.82, 2.24) is 15.3 Å². The van der Waals surface area contributed by atoms with Gasteiger partial charge in [-0.3, -0.25) is 4.79 Å². The first-order valence-electron chi connectivity index (χ1n) is 11.0. The maximum Gasteiger partial charge on any atom is 0.251 e. The second kappa shape index (κ2) is 9.17. The molecule has 8 nitrogen and oxygen atoms in total. The van der Waals surface area contributed by atoms with Crippen LogP contribution in [-0.4, -0.2) is 60.5 Å². The Bertz CT molecular complexity index is 1120. The number of nitrogens with zero attached hydrogens (tertiary/aromatic N) is 2. The van der Waals surface area contributed by atoms with E-state index in [1.165, 1.54) is 0 Å². The first-order valence-corrected chi connectivity index (χ1v) is 11.0. The molecule has 0 spiro atoms. The number of nitrogens with one attached hydrogen (secondary N) is 2. The summed E-state index contributed by atoms with van der Waals surface area (Å²) in [6, 6.07) is 16.8. The Kier molecular flexibility index (Phi) is 5.93. The molecule has 2 N–H and O–H groups in total. The zero-order chi connectivity index (χ0) is 22.8. The Morgan fingerprint density at radius 2 is 1.67 bits per heavy atom. The molecule has 2 aliphatic heterocycles. The first kappa shape index (κ1) is 21.4. The highest BCUT2D eigenvalue weighted by Crippen LogP contribution is 2.29. The number of hydrogen-bond donors (Lipinski definition) is 2. The van der Waals surface area contributed by atoms with Crippen LogP contribution in [0.4, 0.5) is 5.95 Å².